The van der Waals surface area contributed by atoms with E-state index in [0.29, 0.717) is 5.56 Å². The molecule has 2 aromatic rings. The number of hydrogen-bond donors (Lipinski definition) is 1. The molecule has 2 rings (SSSR count). The fraction of sp³-hybridized carbons (Fsp3) is 0.357. The third kappa shape index (κ3) is 2.16. The molecule has 1 aromatic carbocycles. The number of benzene rings is 1. The summed E-state index contributed by atoms with van der Waals surface area (Å²) >= 11 is 0. The summed E-state index contributed by atoms with van der Waals surface area (Å²) in [6, 6.07) is 4.27. The average Bonchev–Trinajstić information content (AvgIpc) is 2.66. The van der Waals surface area contributed by atoms with Crippen LogP contribution in [0.15, 0.2) is 24.4 Å². The second-order valence-electron chi connectivity index (χ2n) is 4.46. The van der Waals surface area contributed by atoms with Gasteiger partial charge in [0.15, 0.2) is 5.78 Å². The molecule has 0 saturated carbocycles. The number of ketones is 1. The van der Waals surface area contributed by atoms with Gasteiger partial charge >= 0.3 is 0 Å². The van der Waals surface area contributed by atoms with Crippen LogP contribution in [0.1, 0.15) is 24.2 Å². The highest BCUT2D eigenvalue weighted by Crippen LogP contribution is 2.22. The molecule has 0 aliphatic rings. The minimum atomic E-state index is -0.289. The maximum absolute atomic E-state index is 13.2. The van der Waals surface area contributed by atoms with Crippen molar-refractivity contribution in [3.05, 3.63) is 35.8 Å². The molecule has 1 aromatic heterocycles. The molecule has 0 bridgehead atoms. The predicted molar refractivity (Wildman–Crippen MR) is 70.3 cm³/mol. The summed E-state index contributed by atoms with van der Waals surface area (Å²) in [5, 5.41) is 3.90. The first kappa shape index (κ1) is 12.8. The number of rotatable bonds is 4. The summed E-state index contributed by atoms with van der Waals surface area (Å²) < 4.78 is 15.0. The number of carbonyl (C=O) groups excluding carboxylic acids is 1. The second kappa shape index (κ2) is 4.90. The first-order valence-corrected chi connectivity index (χ1v) is 6.06. The van der Waals surface area contributed by atoms with Gasteiger partial charge in [-0.05, 0) is 31.7 Å². The molecule has 0 aliphatic carbocycles. The Morgan fingerprint density at radius 1 is 1.50 bits per heavy atom. The monoisotopic (exact) mass is 248 g/mol. The Morgan fingerprint density at radius 3 is 2.89 bits per heavy atom. The Balaban J connectivity index is 2.49. The summed E-state index contributed by atoms with van der Waals surface area (Å²) in [6.07, 6.45) is 1.76. The van der Waals surface area contributed by atoms with Crippen molar-refractivity contribution in [1.29, 1.82) is 0 Å². The van der Waals surface area contributed by atoms with E-state index in [-0.39, 0.29) is 17.6 Å². The van der Waals surface area contributed by atoms with Gasteiger partial charge in [-0.25, -0.2) is 4.39 Å². The van der Waals surface area contributed by atoms with Gasteiger partial charge in [-0.2, -0.15) is 0 Å². The molecular formula is C14H17FN2O. The lowest BCUT2D eigenvalue weighted by molar-refractivity contribution is 0.0953. The van der Waals surface area contributed by atoms with Crippen molar-refractivity contribution in [3.63, 3.8) is 0 Å². The van der Waals surface area contributed by atoms with Gasteiger partial charge in [0, 0.05) is 24.2 Å². The zero-order valence-corrected chi connectivity index (χ0v) is 10.8. The Kier molecular flexibility index (Phi) is 3.48. The van der Waals surface area contributed by atoms with Crippen molar-refractivity contribution in [2.24, 2.45) is 7.05 Å². The van der Waals surface area contributed by atoms with Gasteiger partial charge in [0.1, 0.15) is 5.82 Å². The molecule has 0 amide bonds. The Bertz CT molecular complexity index is 589. The van der Waals surface area contributed by atoms with Crippen LogP contribution in [0.4, 0.5) is 4.39 Å². The van der Waals surface area contributed by atoms with E-state index in [0.717, 1.165) is 17.4 Å². The fourth-order valence-corrected chi connectivity index (χ4v) is 2.19. The summed E-state index contributed by atoms with van der Waals surface area (Å²) in [6.45, 7) is 4.54. The van der Waals surface area contributed by atoms with E-state index in [2.05, 4.69) is 5.32 Å². The van der Waals surface area contributed by atoms with Crippen LogP contribution in [-0.2, 0) is 7.05 Å². The normalized spacial score (nSPS) is 12.9. The van der Waals surface area contributed by atoms with Crippen molar-refractivity contribution in [2.45, 2.75) is 19.9 Å². The number of fused-ring (bicyclic) bond motifs is 1. The van der Waals surface area contributed by atoms with Crippen molar-refractivity contribution in [3.8, 4) is 0 Å². The first-order valence-electron chi connectivity index (χ1n) is 6.06. The number of Topliss-reactive ketones (excluding diaryl/α,β-unsaturated/α-hetero) is 1. The lowest BCUT2D eigenvalue weighted by Gasteiger charge is -2.09. The van der Waals surface area contributed by atoms with E-state index >= 15 is 0 Å². The van der Waals surface area contributed by atoms with E-state index in [1.54, 1.807) is 16.8 Å². The number of halogens is 1. The molecule has 0 aliphatic heterocycles. The van der Waals surface area contributed by atoms with Crippen molar-refractivity contribution >= 4 is 16.7 Å². The molecule has 1 atom stereocenters. The molecule has 0 spiro atoms. The summed E-state index contributed by atoms with van der Waals surface area (Å²) in [4.78, 5) is 12.3. The van der Waals surface area contributed by atoms with Crippen LogP contribution >= 0.6 is 0 Å². The van der Waals surface area contributed by atoms with E-state index in [1.165, 1.54) is 12.1 Å². The Morgan fingerprint density at radius 2 is 2.22 bits per heavy atom. The lowest BCUT2D eigenvalue weighted by Crippen LogP contribution is -2.33. The number of nitrogens with one attached hydrogen (secondary N) is 1. The van der Waals surface area contributed by atoms with Gasteiger partial charge in [0.2, 0.25) is 0 Å². The van der Waals surface area contributed by atoms with Gasteiger partial charge < -0.3 is 9.88 Å². The number of aromatic nitrogens is 1. The number of hydrogen-bond acceptors (Lipinski definition) is 2. The summed E-state index contributed by atoms with van der Waals surface area (Å²) in [5.41, 5.74) is 1.38. The standard InChI is InChI=1S/C14H17FN2O/c1-4-16-9(2)14(18)12-8-17(3)13-7-10(15)5-6-11(12)13/h5-9,16H,4H2,1-3H3. The van der Waals surface area contributed by atoms with Gasteiger partial charge in [-0.1, -0.05) is 6.92 Å². The Labute approximate surface area is 106 Å². The highest BCUT2D eigenvalue weighted by Gasteiger charge is 2.19. The number of carbonyl (C=O) groups is 1. The molecule has 4 heteroatoms. The summed E-state index contributed by atoms with van der Waals surface area (Å²) in [5.74, 6) is -0.253. The summed E-state index contributed by atoms with van der Waals surface area (Å²) in [7, 11) is 1.82. The lowest BCUT2D eigenvalue weighted by atomic mass is 10.0. The van der Waals surface area contributed by atoms with E-state index in [1.807, 2.05) is 20.9 Å². The van der Waals surface area contributed by atoms with Crippen molar-refractivity contribution in [1.82, 2.24) is 9.88 Å². The van der Waals surface area contributed by atoms with Crippen LogP contribution in [0, 0.1) is 5.82 Å². The molecule has 18 heavy (non-hydrogen) atoms. The van der Waals surface area contributed by atoms with E-state index in [4.69, 9.17) is 0 Å². The Hall–Kier alpha value is -1.68. The molecule has 0 radical (unpaired) electrons. The molecule has 96 valence electrons. The SMILES string of the molecule is CCNC(C)C(=O)c1cn(C)c2cc(F)ccc12. The molecule has 1 N–H and O–H groups in total. The maximum Gasteiger partial charge on any atom is 0.181 e. The molecule has 3 nitrogen and oxygen atoms in total. The van der Waals surface area contributed by atoms with Gasteiger partial charge in [-0.3, -0.25) is 4.79 Å². The van der Waals surface area contributed by atoms with Crippen LogP contribution < -0.4 is 5.32 Å². The highest BCUT2D eigenvalue weighted by atomic mass is 19.1. The number of nitrogens with zero attached hydrogens (tertiary/aromatic N) is 1. The zero-order valence-electron chi connectivity index (χ0n) is 10.8. The number of aryl methyl sites for hydroxylation is 1. The zero-order chi connectivity index (χ0) is 13.3. The molecule has 0 fully saturated rings. The average molecular weight is 248 g/mol. The largest absolute Gasteiger partial charge is 0.350 e. The quantitative estimate of drug-likeness (QED) is 0.843. The minimum Gasteiger partial charge on any atom is -0.350 e. The van der Waals surface area contributed by atoms with Crippen molar-refractivity contribution in [2.75, 3.05) is 6.54 Å². The van der Waals surface area contributed by atoms with Gasteiger partial charge in [0.05, 0.1) is 11.6 Å². The fourth-order valence-electron chi connectivity index (χ4n) is 2.19. The van der Waals surface area contributed by atoms with Crippen LogP contribution in [0.2, 0.25) is 0 Å². The molecular weight excluding hydrogens is 231 g/mol. The van der Waals surface area contributed by atoms with E-state index in [9.17, 15) is 9.18 Å². The topological polar surface area (TPSA) is 34.0 Å². The van der Waals surface area contributed by atoms with Gasteiger partial charge in [-0.15, -0.1) is 0 Å². The second-order valence-corrected chi connectivity index (χ2v) is 4.46. The highest BCUT2D eigenvalue weighted by molar-refractivity contribution is 6.10. The minimum absolute atomic E-state index is 0.0362. The maximum atomic E-state index is 13.2. The van der Waals surface area contributed by atoms with Crippen molar-refractivity contribution < 1.29 is 9.18 Å². The molecule has 0 saturated heterocycles. The number of likely N-dealkylation sites (N-methyl/N-ethyl adjacent to an activating group) is 1. The molecule has 1 heterocycles. The predicted octanol–water partition coefficient (Wildman–Crippen LogP) is 2.50. The smallest absolute Gasteiger partial charge is 0.181 e. The molecule has 1 unspecified atom stereocenters. The van der Waals surface area contributed by atoms with Crippen LogP contribution in [0.5, 0.6) is 0 Å². The van der Waals surface area contributed by atoms with E-state index < -0.39 is 0 Å². The van der Waals surface area contributed by atoms with Gasteiger partial charge in [0.25, 0.3) is 0 Å². The van der Waals surface area contributed by atoms with Crippen LogP contribution in [0.25, 0.3) is 10.9 Å². The first-order chi connectivity index (χ1) is 8.54. The van der Waals surface area contributed by atoms with Crippen LogP contribution in [-0.4, -0.2) is 22.9 Å². The third-order valence-corrected chi connectivity index (χ3v) is 3.12. The third-order valence-electron chi connectivity index (χ3n) is 3.12. The van der Waals surface area contributed by atoms with Crippen LogP contribution in [0.3, 0.4) is 0 Å².